The van der Waals surface area contributed by atoms with Crippen molar-refractivity contribution >= 4 is 23.6 Å². The first-order valence-corrected chi connectivity index (χ1v) is 9.06. The zero-order valence-corrected chi connectivity index (χ0v) is 15.5. The zero-order chi connectivity index (χ0) is 18.2. The summed E-state index contributed by atoms with van der Waals surface area (Å²) < 4.78 is 10.1. The highest BCUT2D eigenvalue weighted by Gasteiger charge is 2.19. The molecule has 2 unspecified atom stereocenters. The Hall–Kier alpha value is -2.21. The summed E-state index contributed by atoms with van der Waals surface area (Å²) in [6.45, 7) is 3.73. The van der Waals surface area contributed by atoms with Crippen LogP contribution >= 0.6 is 11.8 Å². The molecule has 2 atom stereocenters. The van der Waals surface area contributed by atoms with Gasteiger partial charge >= 0.3 is 5.97 Å². The molecule has 2 aromatic rings. The topological polar surface area (TPSA) is 68.5 Å². The van der Waals surface area contributed by atoms with Gasteiger partial charge < -0.3 is 14.5 Å². The van der Waals surface area contributed by atoms with Crippen LogP contribution in [0.5, 0.6) is 0 Å². The Balaban J connectivity index is 1.97. The average Bonchev–Trinajstić information content (AvgIpc) is 3.13. The van der Waals surface area contributed by atoms with Gasteiger partial charge in [0.15, 0.2) is 0 Å². The molecule has 1 amide bonds. The highest BCUT2D eigenvalue weighted by atomic mass is 32.2. The Kier molecular flexibility index (Phi) is 7.13. The number of hydrogen-bond donors (Lipinski definition) is 1. The second kappa shape index (κ2) is 9.32. The van der Waals surface area contributed by atoms with E-state index in [1.165, 1.54) is 18.9 Å². The normalized spacial score (nSPS) is 13.1. The smallest absolute Gasteiger partial charge is 0.318 e. The molecule has 0 aliphatic carbocycles. The number of benzene rings is 1. The van der Waals surface area contributed by atoms with Gasteiger partial charge in [0.25, 0.3) is 5.91 Å². The number of carbonyl (C=O) groups excluding carboxylic acids is 2. The van der Waals surface area contributed by atoms with Crippen LogP contribution in [0.15, 0.2) is 52.0 Å². The summed E-state index contributed by atoms with van der Waals surface area (Å²) in [6, 6.07) is 11.1. The van der Waals surface area contributed by atoms with Gasteiger partial charge in [-0.2, -0.15) is 0 Å². The quantitative estimate of drug-likeness (QED) is 0.574. The van der Waals surface area contributed by atoms with Gasteiger partial charge in [-0.25, -0.2) is 0 Å². The highest BCUT2D eigenvalue weighted by Crippen LogP contribution is 2.27. The molecule has 0 spiro atoms. The molecule has 1 N–H and O–H groups in total. The number of aryl methyl sites for hydroxylation is 1. The Morgan fingerprint density at radius 2 is 1.96 bits per heavy atom. The van der Waals surface area contributed by atoms with Crippen molar-refractivity contribution in [1.82, 2.24) is 5.32 Å². The first-order chi connectivity index (χ1) is 12.0. The minimum atomic E-state index is -0.379. The third-order valence-corrected chi connectivity index (χ3v) is 4.91. The van der Waals surface area contributed by atoms with E-state index < -0.39 is 0 Å². The average molecular weight is 361 g/mol. The molecule has 25 heavy (non-hydrogen) atoms. The molecule has 5 nitrogen and oxygen atoms in total. The van der Waals surface area contributed by atoms with Gasteiger partial charge in [0.1, 0.15) is 11.0 Å². The fourth-order valence-corrected chi connectivity index (χ4v) is 3.37. The molecule has 2 rings (SSSR count). The largest absolute Gasteiger partial charge is 0.469 e. The third-order valence-electron chi connectivity index (χ3n) is 3.75. The van der Waals surface area contributed by atoms with Gasteiger partial charge in [0.2, 0.25) is 0 Å². The van der Waals surface area contributed by atoms with Crippen LogP contribution in [0.2, 0.25) is 0 Å². The number of esters is 1. The van der Waals surface area contributed by atoms with Gasteiger partial charge in [-0.05, 0) is 44.5 Å². The maximum absolute atomic E-state index is 12.6. The van der Waals surface area contributed by atoms with Crippen molar-refractivity contribution < 1.29 is 18.7 Å². The molecule has 1 aromatic carbocycles. The number of nitrogens with one attached hydrogen (secondary N) is 1. The summed E-state index contributed by atoms with van der Waals surface area (Å²) in [5.74, 6) is 0.447. The first-order valence-electron chi connectivity index (χ1n) is 8.18. The third kappa shape index (κ3) is 5.67. The maximum atomic E-state index is 12.6. The number of thioether (sulfide) groups is 1. The molecule has 1 heterocycles. The van der Waals surface area contributed by atoms with Gasteiger partial charge in [-0.1, -0.05) is 12.1 Å². The van der Waals surface area contributed by atoms with Crippen molar-refractivity contribution in [2.45, 2.75) is 42.9 Å². The van der Waals surface area contributed by atoms with Gasteiger partial charge in [-0.15, -0.1) is 11.8 Å². The fraction of sp³-hybridized carbons (Fsp3) is 0.368. The number of furan rings is 1. The lowest BCUT2D eigenvalue weighted by molar-refractivity contribution is -0.139. The van der Waals surface area contributed by atoms with Crippen LogP contribution in [0.1, 0.15) is 36.4 Å². The SMILES string of the molecule is COC(=O)C(C)Sc1ccccc1C(=O)NC(C)CCc1ccco1. The molecule has 0 bridgehead atoms. The predicted molar refractivity (Wildman–Crippen MR) is 97.7 cm³/mol. The summed E-state index contributed by atoms with van der Waals surface area (Å²) in [5, 5.41) is 2.63. The molecule has 0 aliphatic rings. The fourth-order valence-electron chi connectivity index (χ4n) is 2.35. The summed E-state index contributed by atoms with van der Waals surface area (Å²) in [6.07, 6.45) is 3.20. The maximum Gasteiger partial charge on any atom is 0.318 e. The first kappa shape index (κ1) is 19.1. The lowest BCUT2D eigenvalue weighted by Crippen LogP contribution is -2.33. The number of hydrogen-bond acceptors (Lipinski definition) is 5. The van der Waals surface area contributed by atoms with E-state index in [-0.39, 0.29) is 23.2 Å². The van der Waals surface area contributed by atoms with E-state index >= 15 is 0 Å². The van der Waals surface area contributed by atoms with E-state index in [0.717, 1.165) is 23.5 Å². The molecule has 0 aliphatic heterocycles. The van der Waals surface area contributed by atoms with Gasteiger partial charge in [0, 0.05) is 17.4 Å². The van der Waals surface area contributed by atoms with E-state index in [4.69, 9.17) is 9.15 Å². The number of methoxy groups -OCH3 is 1. The van der Waals surface area contributed by atoms with Crippen LogP contribution in [0.25, 0.3) is 0 Å². The minimum absolute atomic E-state index is 0.00804. The summed E-state index contributed by atoms with van der Waals surface area (Å²) in [5.41, 5.74) is 0.563. The summed E-state index contributed by atoms with van der Waals surface area (Å²) >= 11 is 1.32. The molecule has 0 fully saturated rings. The predicted octanol–water partition coefficient (Wildman–Crippen LogP) is 3.68. The van der Waals surface area contributed by atoms with E-state index in [1.807, 2.05) is 37.3 Å². The lowest BCUT2D eigenvalue weighted by Gasteiger charge is -2.16. The molecule has 0 radical (unpaired) electrons. The van der Waals surface area contributed by atoms with E-state index in [9.17, 15) is 9.59 Å². The van der Waals surface area contributed by atoms with Crippen molar-refractivity contribution in [3.8, 4) is 0 Å². The number of rotatable bonds is 8. The minimum Gasteiger partial charge on any atom is -0.469 e. The number of amides is 1. The van der Waals surface area contributed by atoms with Crippen LogP contribution < -0.4 is 5.32 Å². The standard InChI is InChI=1S/C19H23NO4S/c1-13(10-11-15-7-6-12-24-15)20-18(21)16-8-4-5-9-17(16)25-14(2)19(22)23-3/h4-9,12-14H,10-11H2,1-3H3,(H,20,21). The molecule has 0 saturated carbocycles. The second-order valence-electron chi connectivity index (χ2n) is 5.77. The molecule has 134 valence electrons. The summed E-state index contributed by atoms with van der Waals surface area (Å²) in [7, 11) is 1.36. The van der Waals surface area contributed by atoms with Crippen LogP contribution in [0.3, 0.4) is 0 Å². The Bertz CT molecular complexity index is 699. The van der Waals surface area contributed by atoms with Crippen LogP contribution in [-0.4, -0.2) is 30.3 Å². The van der Waals surface area contributed by atoms with Crippen molar-refractivity contribution in [2.24, 2.45) is 0 Å². The van der Waals surface area contributed by atoms with Crippen LogP contribution in [-0.2, 0) is 16.0 Å². The van der Waals surface area contributed by atoms with Crippen molar-refractivity contribution in [3.05, 3.63) is 54.0 Å². The molecule has 0 saturated heterocycles. The number of carbonyl (C=O) groups is 2. The van der Waals surface area contributed by atoms with E-state index in [0.29, 0.717) is 5.56 Å². The molecular formula is C19H23NO4S. The summed E-state index contributed by atoms with van der Waals surface area (Å²) in [4.78, 5) is 25.0. The molecule has 1 aromatic heterocycles. The van der Waals surface area contributed by atoms with Crippen molar-refractivity contribution in [3.63, 3.8) is 0 Å². The molecule has 6 heteroatoms. The van der Waals surface area contributed by atoms with Crippen molar-refractivity contribution in [2.75, 3.05) is 7.11 Å². The monoisotopic (exact) mass is 361 g/mol. The Labute approximate surface area is 152 Å². The highest BCUT2D eigenvalue weighted by molar-refractivity contribution is 8.00. The zero-order valence-electron chi connectivity index (χ0n) is 14.7. The van der Waals surface area contributed by atoms with Crippen molar-refractivity contribution in [1.29, 1.82) is 0 Å². The van der Waals surface area contributed by atoms with E-state index in [1.54, 1.807) is 19.3 Å². The Morgan fingerprint density at radius 3 is 2.64 bits per heavy atom. The van der Waals surface area contributed by atoms with E-state index in [2.05, 4.69) is 5.32 Å². The Morgan fingerprint density at radius 1 is 1.20 bits per heavy atom. The van der Waals surface area contributed by atoms with Crippen LogP contribution in [0, 0.1) is 0 Å². The van der Waals surface area contributed by atoms with Gasteiger partial charge in [0.05, 0.1) is 18.9 Å². The van der Waals surface area contributed by atoms with Crippen LogP contribution in [0.4, 0.5) is 0 Å². The lowest BCUT2D eigenvalue weighted by atomic mass is 10.1. The number of ether oxygens (including phenoxy) is 1. The second-order valence-corrected chi connectivity index (χ2v) is 7.15. The molecular weight excluding hydrogens is 338 g/mol. The van der Waals surface area contributed by atoms with Gasteiger partial charge in [-0.3, -0.25) is 9.59 Å².